The van der Waals surface area contributed by atoms with Crippen molar-refractivity contribution >= 4 is 0 Å². The van der Waals surface area contributed by atoms with Crippen LogP contribution in [-0.2, 0) is 0 Å². The minimum Gasteiger partial charge on any atom is -0.0654 e. The first-order valence-corrected chi connectivity index (χ1v) is 3.19. The van der Waals surface area contributed by atoms with Gasteiger partial charge in [-0.05, 0) is 6.42 Å². The van der Waals surface area contributed by atoms with Crippen molar-refractivity contribution in [3.63, 3.8) is 0 Å². The molecule has 1 radical (unpaired) electrons. The maximum absolute atomic E-state index is 2.23. The molecule has 0 spiro atoms. The summed E-state index contributed by atoms with van der Waals surface area (Å²) in [6, 6.07) is 0. The van der Waals surface area contributed by atoms with Crippen molar-refractivity contribution in [3.8, 4) is 0 Å². The van der Waals surface area contributed by atoms with Gasteiger partial charge in [0.25, 0.3) is 0 Å². The van der Waals surface area contributed by atoms with Crippen LogP contribution < -0.4 is 0 Å². The van der Waals surface area contributed by atoms with Gasteiger partial charge in [-0.3, -0.25) is 0 Å². The molecule has 0 bridgehead atoms. The monoisotopic (exact) mass is 99.1 g/mol. The topological polar surface area (TPSA) is 0 Å². The Balaban J connectivity index is 2.45. The third-order valence-electron chi connectivity index (χ3n) is 1.10. The fourth-order valence-electron chi connectivity index (χ4n) is 0.598. The van der Waals surface area contributed by atoms with E-state index in [1.54, 1.807) is 0 Å². The third kappa shape index (κ3) is 6.00. The molecule has 0 fully saturated rings. The van der Waals surface area contributed by atoms with Crippen molar-refractivity contribution in [1.29, 1.82) is 0 Å². The molecule has 0 saturated carbocycles. The van der Waals surface area contributed by atoms with Crippen LogP contribution in [0.15, 0.2) is 0 Å². The van der Waals surface area contributed by atoms with E-state index in [1.807, 2.05) is 0 Å². The largest absolute Gasteiger partial charge is 0.0654 e. The fraction of sp³-hybridized carbons (Fsp3) is 0.857. The Morgan fingerprint density at radius 3 is 2.43 bits per heavy atom. The molecular formula is C7H15. The zero-order valence-electron chi connectivity index (χ0n) is 5.41. The van der Waals surface area contributed by atoms with Crippen LogP contribution in [0.5, 0.6) is 0 Å². The van der Waals surface area contributed by atoms with Crippen LogP contribution in [0.2, 0.25) is 0 Å². The normalized spacial score (nSPS) is 9.43. The van der Waals surface area contributed by atoms with E-state index in [2.05, 4.69) is 20.3 Å². The Hall–Kier alpha value is 0. The van der Waals surface area contributed by atoms with Crippen molar-refractivity contribution in [2.45, 2.75) is 39.5 Å². The molecule has 43 valence electrons. The molecule has 0 saturated heterocycles. The lowest BCUT2D eigenvalue weighted by Gasteiger charge is -1.90. The van der Waals surface area contributed by atoms with E-state index < -0.39 is 0 Å². The van der Waals surface area contributed by atoms with Crippen molar-refractivity contribution in [2.24, 2.45) is 0 Å². The Morgan fingerprint density at radius 2 is 2.00 bits per heavy atom. The van der Waals surface area contributed by atoms with Gasteiger partial charge in [0, 0.05) is 0 Å². The van der Waals surface area contributed by atoms with E-state index >= 15 is 0 Å². The van der Waals surface area contributed by atoms with Crippen molar-refractivity contribution < 1.29 is 0 Å². The van der Waals surface area contributed by atoms with Crippen LogP contribution in [0.25, 0.3) is 0 Å². The predicted molar refractivity (Wildman–Crippen MR) is 34.1 cm³/mol. The Morgan fingerprint density at radius 1 is 1.29 bits per heavy atom. The lowest BCUT2D eigenvalue weighted by atomic mass is 10.2. The molecule has 0 amide bonds. The zero-order chi connectivity index (χ0) is 5.54. The van der Waals surface area contributed by atoms with E-state index in [4.69, 9.17) is 0 Å². The molecular weight excluding hydrogens is 84.1 g/mol. The lowest BCUT2D eigenvalue weighted by molar-refractivity contribution is 0.711. The van der Waals surface area contributed by atoms with Gasteiger partial charge in [0.1, 0.15) is 0 Å². The Labute approximate surface area is 46.9 Å². The van der Waals surface area contributed by atoms with Gasteiger partial charge in [-0.25, -0.2) is 0 Å². The highest BCUT2D eigenvalue weighted by molar-refractivity contribution is 4.53. The summed E-state index contributed by atoms with van der Waals surface area (Å²) in [6.45, 7) is 4.35. The third-order valence-corrected chi connectivity index (χ3v) is 1.10. The second kappa shape index (κ2) is 6.00. The molecule has 0 rings (SSSR count). The number of hydrogen-bond donors (Lipinski definition) is 0. The highest BCUT2D eigenvalue weighted by atomic mass is 13.9. The summed E-state index contributed by atoms with van der Waals surface area (Å²) < 4.78 is 0. The highest BCUT2D eigenvalue weighted by Gasteiger charge is 1.80. The summed E-state index contributed by atoms with van der Waals surface area (Å²) in [4.78, 5) is 0. The molecule has 7 heavy (non-hydrogen) atoms. The van der Waals surface area contributed by atoms with Gasteiger partial charge in [0.2, 0.25) is 0 Å². The van der Waals surface area contributed by atoms with Crippen LogP contribution >= 0.6 is 0 Å². The fourth-order valence-corrected chi connectivity index (χ4v) is 0.598. The predicted octanol–water partition coefficient (Wildman–Crippen LogP) is 2.79. The second-order valence-electron chi connectivity index (χ2n) is 1.90. The highest BCUT2D eigenvalue weighted by Crippen LogP contribution is 1.99. The van der Waals surface area contributed by atoms with E-state index in [1.165, 1.54) is 25.7 Å². The Kier molecular flexibility index (Phi) is 6.00. The first-order chi connectivity index (χ1) is 3.41. The summed E-state index contributed by atoms with van der Waals surface area (Å²) in [5, 5.41) is 0. The summed E-state index contributed by atoms with van der Waals surface area (Å²) in [5.41, 5.74) is 0. The smallest absolute Gasteiger partial charge is 0.0417 e. The van der Waals surface area contributed by atoms with E-state index in [-0.39, 0.29) is 0 Å². The zero-order valence-corrected chi connectivity index (χ0v) is 5.41. The number of hydrogen-bond acceptors (Lipinski definition) is 0. The van der Waals surface area contributed by atoms with E-state index in [9.17, 15) is 0 Å². The lowest BCUT2D eigenvalue weighted by Crippen LogP contribution is -1.71. The average molecular weight is 99.2 g/mol. The molecule has 0 N–H and O–H groups in total. The molecule has 0 aromatic heterocycles. The first kappa shape index (κ1) is 7.00. The Bertz CT molecular complexity index is 19.2. The van der Waals surface area contributed by atoms with Crippen molar-refractivity contribution in [3.05, 3.63) is 6.42 Å². The molecule has 0 aromatic carbocycles. The maximum atomic E-state index is 2.23. The molecule has 0 aliphatic carbocycles. The SMILES string of the molecule is C[CH]CCCCC. The quantitative estimate of drug-likeness (QED) is 0.475. The molecule has 0 aromatic rings. The van der Waals surface area contributed by atoms with Gasteiger partial charge in [-0.2, -0.15) is 0 Å². The summed E-state index contributed by atoms with van der Waals surface area (Å²) in [5.74, 6) is 0. The van der Waals surface area contributed by atoms with Crippen LogP contribution in [0.1, 0.15) is 39.5 Å². The van der Waals surface area contributed by atoms with Gasteiger partial charge in [-0.1, -0.05) is 39.5 Å². The van der Waals surface area contributed by atoms with Gasteiger partial charge >= 0.3 is 0 Å². The summed E-state index contributed by atoms with van der Waals surface area (Å²) in [6.07, 6.45) is 7.65. The minimum atomic E-state index is 1.30. The molecule has 0 unspecified atom stereocenters. The molecule has 0 aliphatic heterocycles. The van der Waals surface area contributed by atoms with Gasteiger partial charge in [0.15, 0.2) is 0 Å². The number of rotatable bonds is 4. The first-order valence-electron chi connectivity index (χ1n) is 3.19. The standard InChI is InChI=1S/C7H15/c1-3-5-7-6-4-2/h3H,4-7H2,1-2H3. The summed E-state index contributed by atoms with van der Waals surface area (Å²) in [7, 11) is 0. The number of unbranched alkanes of at least 4 members (excludes halogenated alkanes) is 4. The van der Waals surface area contributed by atoms with Crippen molar-refractivity contribution in [1.82, 2.24) is 0 Å². The molecule has 0 heterocycles. The average Bonchev–Trinajstić information content (AvgIpc) is 1.69. The van der Waals surface area contributed by atoms with Gasteiger partial charge in [-0.15, -0.1) is 0 Å². The van der Waals surface area contributed by atoms with Gasteiger partial charge < -0.3 is 0 Å². The van der Waals surface area contributed by atoms with E-state index in [0.29, 0.717) is 0 Å². The molecule has 0 atom stereocenters. The molecule has 0 nitrogen and oxygen atoms in total. The minimum absolute atomic E-state index is 1.30. The van der Waals surface area contributed by atoms with Crippen LogP contribution in [0, 0.1) is 6.42 Å². The maximum Gasteiger partial charge on any atom is -0.0417 e. The van der Waals surface area contributed by atoms with Crippen LogP contribution in [0.3, 0.4) is 0 Å². The molecule has 0 heteroatoms. The summed E-state index contributed by atoms with van der Waals surface area (Å²) >= 11 is 0. The van der Waals surface area contributed by atoms with Gasteiger partial charge in [0.05, 0.1) is 0 Å². The van der Waals surface area contributed by atoms with E-state index in [0.717, 1.165) is 0 Å². The second-order valence-corrected chi connectivity index (χ2v) is 1.90. The van der Waals surface area contributed by atoms with Crippen LogP contribution in [-0.4, -0.2) is 0 Å². The van der Waals surface area contributed by atoms with Crippen LogP contribution in [0.4, 0.5) is 0 Å². The molecule has 0 aliphatic rings. The van der Waals surface area contributed by atoms with Crippen molar-refractivity contribution in [2.75, 3.05) is 0 Å².